The van der Waals surface area contributed by atoms with E-state index in [1.807, 2.05) is 18.2 Å². The minimum Gasteiger partial charge on any atom is -0.454 e. The Labute approximate surface area is 136 Å². The molecule has 7 heteroatoms. The van der Waals surface area contributed by atoms with Crippen LogP contribution in [-0.4, -0.2) is 11.2 Å². The van der Waals surface area contributed by atoms with E-state index in [1.54, 1.807) is 35.7 Å². The number of hydrogen-bond acceptors (Lipinski definition) is 6. The third-order valence-corrected chi connectivity index (χ3v) is 3.62. The van der Waals surface area contributed by atoms with Crippen LogP contribution in [0, 0.1) is 5.82 Å². The van der Waals surface area contributed by atoms with Crippen LogP contribution < -0.4 is 15.9 Å². The molecule has 0 saturated heterocycles. The maximum Gasteiger partial charge on any atom is 0.205 e. The van der Waals surface area contributed by atoms with Gasteiger partial charge in [0.15, 0.2) is 11.6 Å². The predicted molar refractivity (Wildman–Crippen MR) is 90.7 cm³/mol. The van der Waals surface area contributed by atoms with Gasteiger partial charge < -0.3 is 10.5 Å². The minimum absolute atomic E-state index is 0.138. The van der Waals surface area contributed by atoms with Gasteiger partial charge in [-0.25, -0.2) is 9.37 Å². The maximum absolute atomic E-state index is 14.4. The lowest BCUT2D eigenvalue weighted by Gasteiger charge is -2.07. The van der Waals surface area contributed by atoms with Crippen LogP contribution in [-0.2, 0) is 0 Å². The van der Waals surface area contributed by atoms with E-state index in [9.17, 15) is 4.39 Å². The first-order chi connectivity index (χ1) is 11.2. The second-order valence-electron chi connectivity index (χ2n) is 4.52. The van der Waals surface area contributed by atoms with Gasteiger partial charge in [0.05, 0.1) is 6.21 Å². The summed E-state index contributed by atoms with van der Waals surface area (Å²) in [6.45, 7) is 0. The highest BCUT2D eigenvalue weighted by Gasteiger charge is 2.08. The number of rotatable bonds is 5. The van der Waals surface area contributed by atoms with Crippen molar-refractivity contribution in [2.75, 3.05) is 11.2 Å². The number of hydrogen-bond donors (Lipinski definition) is 2. The van der Waals surface area contributed by atoms with Crippen molar-refractivity contribution in [2.45, 2.75) is 0 Å². The third-order valence-electron chi connectivity index (χ3n) is 2.85. The number of para-hydroxylation sites is 1. The minimum atomic E-state index is -0.486. The highest BCUT2D eigenvalue weighted by Crippen LogP contribution is 2.25. The molecule has 3 aromatic rings. The van der Waals surface area contributed by atoms with E-state index >= 15 is 0 Å². The molecule has 5 nitrogen and oxygen atoms in total. The quantitative estimate of drug-likeness (QED) is 0.546. The number of nitrogens with zero attached hydrogens (tertiary/aromatic N) is 2. The van der Waals surface area contributed by atoms with Gasteiger partial charge in [0.25, 0.3) is 0 Å². The Morgan fingerprint density at radius 1 is 1.17 bits per heavy atom. The number of nitrogens with two attached hydrogens (primary N) is 1. The summed E-state index contributed by atoms with van der Waals surface area (Å²) in [5.74, 6) is 0.633. The number of aromatic nitrogens is 1. The Morgan fingerprint density at radius 3 is 2.74 bits per heavy atom. The molecule has 0 aliphatic rings. The lowest BCUT2D eigenvalue weighted by Crippen LogP contribution is -1.96. The highest BCUT2D eigenvalue weighted by atomic mass is 32.1. The van der Waals surface area contributed by atoms with E-state index in [1.165, 1.54) is 17.6 Å². The summed E-state index contributed by atoms with van der Waals surface area (Å²) in [5, 5.41) is 6.18. The van der Waals surface area contributed by atoms with Crippen molar-refractivity contribution in [3.05, 3.63) is 65.3 Å². The van der Waals surface area contributed by atoms with Crippen molar-refractivity contribution in [3.63, 3.8) is 0 Å². The topological polar surface area (TPSA) is 72.5 Å². The van der Waals surface area contributed by atoms with Gasteiger partial charge in [-0.05, 0) is 18.2 Å². The lowest BCUT2D eigenvalue weighted by atomic mass is 10.2. The number of halogens is 1. The van der Waals surface area contributed by atoms with Crippen molar-refractivity contribution in [3.8, 4) is 11.5 Å². The summed E-state index contributed by atoms with van der Waals surface area (Å²) in [7, 11) is 0. The molecule has 116 valence electrons. The summed E-state index contributed by atoms with van der Waals surface area (Å²) < 4.78 is 19.9. The Bertz CT molecular complexity index is 820. The fourth-order valence-electron chi connectivity index (χ4n) is 1.82. The van der Waals surface area contributed by atoms with Gasteiger partial charge >= 0.3 is 0 Å². The van der Waals surface area contributed by atoms with E-state index in [4.69, 9.17) is 10.5 Å². The molecule has 23 heavy (non-hydrogen) atoms. The van der Waals surface area contributed by atoms with Crippen LogP contribution in [0.5, 0.6) is 11.5 Å². The normalized spacial score (nSPS) is 10.8. The largest absolute Gasteiger partial charge is 0.454 e. The zero-order valence-corrected chi connectivity index (χ0v) is 12.8. The molecule has 1 aromatic heterocycles. The molecule has 0 radical (unpaired) electrons. The monoisotopic (exact) mass is 328 g/mol. The van der Waals surface area contributed by atoms with Crippen LogP contribution in [0.4, 0.5) is 15.3 Å². The van der Waals surface area contributed by atoms with Crippen molar-refractivity contribution >= 4 is 28.5 Å². The first kappa shape index (κ1) is 15.0. The molecule has 0 unspecified atom stereocenters. The first-order valence-electron chi connectivity index (χ1n) is 6.74. The van der Waals surface area contributed by atoms with Gasteiger partial charge in [-0.1, -0.05) is 30.3 Å². The summed E-state index contributed by atoms with van der Waals surface area (Å²) in [6.07, 6.45) is 1.37. The molecule has 1 heterocycles. The van der Waals surface area contributed by atoms with Gasteiger partial charge in [-0.15, -0.1) is 11.3 Å². The molecule has 0 bridgehead atoms. The molecule has 0 saturated carbocycles. The zero-order chi connectivity index (χ0) is 16.1. The van der Waals surface area contributed by atoms with Crippen LogP contribution in [0.15, 0.2) is 59.0 Å². The number of nitrogen functional groups attached to an aromatic ring is 1. The number of hydrazone groups is 1. The standard InChI is InChI=1S/C16H13FN4OS/c17-15-11(9-19-21-16-20-14(18)10-23-16)5-4-8-13(15)22-12-6-2-1-3-7-12/h1-10H,18H2,(H,20,21). The fraction of sp³-hybridized carbons (Fsp3) is 0. The van der Waals surface area contributed by atoms with Crippen LogP contribution in [0.2, 0.25) is 0 Å². The molecule has 2 aromatic carbocycles. The third kappa shape index (κ3) is 3.83. The van der Waals surface area contributed by atoms with Crippen LogP contribution in [0.25, 0.3) is 0 Å². The van der Waals surface area contributed by atoms with Gasteiger partial charge in [0.1, 0.15) is 11.6 Å². The number of ether oxygens (including phenoxy) is 1. The summed E-state index contributed by atoms with van der Waals surface area (Å²) in [5.41, 5.74) is 8.51. The van der Waals surface area contributed by atoms with E-state index in [2.05, 4.69) is 15.5 Å². The molecule has 0 fully saturated rings. The lowest BCUT2D eigenvalue weighted by molar-refractivity contribution is 0.442. The highest BCUT2D eigenvalue weighted by molar-refractivity contribution is 7.14. The van der Waals surface area contributed by atoms with Gasteiger partial charge in [0, 0.05) is 10.9 Å². The molecule has 0 aliphatic heterocycles. The number of anilines is 2. The number of nitrogens with one attached hydrogen (secondary N) is 1. The molecule has 0 spiro atoms. The number of thiazole rings is 1. The summed E-state index contributed by atoms with van der Waals surface area (Å²) in [6, 6.07) is 13.9. The Hall–Kier alpha value is -2.93. The number of benzene rings is 2. The predicted octanol–water partition coefficient (Wildman–Crippen LogP) is 4.10. The fourth-order valence-corrected chi connectivity index (χ4v) is 2.36. The van der Waals surface area contributed by atoms with Crippen LogP contribution in [0.3, 0.4) is 0 Å². The van der Waals surface area contributed by atoms with Crippen molar-refractivity contribution in [1.82, 2.24) is 4.98 Å². The van der Waals surface area contributed by atoms with Crippen molar-refractivity contribution in [2.24, 2.45) is 5.10 Å². The second-order valence-corrected chi connectivity index (χ2v) is 5.38. The van der Waals surface area contributed by atoms with Crippen LogP contribution in [0.1, 0.15) is 5.56 Å². The average molecular weight is 328 g/mol. The first-order valence-corrected chi connectivity index (χ1v) is 7.62. The molecular weight excluding hydrogens is 315 g/mol. The molecule has 3 N–H and O–H groups in total. The van der Waals surface area contributed by atoms with E-state index in [-0.39, 0.29) is 5.75 Å². The van der Waals surface area contributed by atoms with E-state index in [0.29, 0.717) is 22.3 Å². The van der Waals surface area contributed by atoms with E-state index in [0.717, 1.165) is 0 Å². The molecule has 3 rings (SSSR count). The summed E-state index contributed by atoms with van der Waals surface area (Å²) >= 11 is 1.31. The van der Waals surface area contributed by atoms with Gasteiger partial charge in [0.2, 0.25) is 5.13 Å². The molecule has 0 atom stereocenters. The van der Waals surface area contributed by atoms with E-state index < -0.39 is 5.82 Å². The Kier molecular flexibility index (Phi) is 4.49. The smallest absolute Gasteiger partial charge is 0.205 e. The zero-order valence-electron chi connectivity index (χ0n) is 11.9. The Balaban J connectivity index is 1.74. The van der Waals surface area contributed by atoms with Crippen molar-refractivity contribution in [1.29, 1.82) is 0 Å². The SMILES string of the molecule is Nc1csc(NN=Cc2cccc(Oc3ccccc3)c2F)n1. The second kappa shape index (κ2) is 6.89. The van der Waals surface area contributed by atoms with Crippen LogP contribution >= 0.6 is 11.3 Å². The Morgan fingerprint density at radius 2 is 2.00 bits per heavy atom. The molecular formula is C16H13FN4OS. The van der Waals surface area contributed by atoms with Gasteiger partial charge in [-0.2, -0.15) is 5.10 Å². The molecule has 0 aliphatic carbocycles. The van der Waals surface area contributed by atoms with Gasteiger partial charge in [-0.3, -0.25) is 5.43 Å². The average Bonchev–Trinajstić information content (AvgIpc) is 2.97. The maximum atomic E-state index is 14.4. The molecule has 0 amide bonds. The summed E-state index contributed by atoms with van der Waals surface area (Å²) in [4.78, 5) is 3.99. The van der Waals surface area contributed by atoms with Crippen molar-refractivity contribution < 1.29 is 9.13 Å².